The highest BCUT2D eigenvalue weighted by atomic mass is 32.1. The van der Waals surface area contributed by atoms with Gasteiger partial charge in [0.1, 0.15) is 11.4 Å². The molecule has 2 aromatic heterocycles. The second-order valence-corrected chi connectivity index (χ2v) is 6.85. The van der Waals surface area contributed by atoms with Gasteiger partial charge in [-0.3, -0.25) is 0 Å². The average molecular weight is 349 g/mol. The third-order valence-electron chi connectivity index (χ3n) is 4.34. The first-order valence-corrected chi connectivity index (χ1v) is 8.75. The molecule has 1 aliphatic carbocycles. The maximum Gasteiger partial charge on any atom is 0.322 e. The number of nitrogens with one attached hydrogen (secondary N) is 1. The Morgan fingerprint density at radius 2 is 2.08 bits per heavy atom. The van der Waals surface area contributed by atoms with Gasteiger partial charge >= 0.3 is 6.03 Å². The van der Waals surface area contributed by atoms with Crippen LogP contribution in [0.1, 0.15) is 30.2 Å². The minimum atomic E-state index is -0.111. The van der Waals surface area contributed by atoms with E-state index in [0.717, 1.165) is 35.1 Å². The van der Waals surface area contributed by atoms with Crippen molar-refractivity contribution in [2.45, 2.75) is 25.7 Å². The van der Waals surface area contributed by atoms with E-state index in [-0.39, 0.29) is 6.03 Å². The average Bonchev–Trinajstić information content (AvgIpc) is 3.24. The highest BCUT2D eigenvalue weighted by Crippen LogP contribution is 2.44. The van der Waals surface area contributed by atoms with Crippen LogP contribution in [0, 0.1) is 6.92 Å². The quantitative estimate of drug-likeness (QED) is 0.866. The third kappa shape index (κ3) is 2.88. The molecule has 1 aliphatic heterocycles. The van der Waals surface area contributed by atoms with Crippen LogP contribution in [-0.2, 0) is 0 Å². The first kappa shape index (κ1) is 15.2. The Hall–Kier alpha value is -2.36. The third-order valence-corrected chi connectivity index (χ3v) is 5.13. The molecule has 2 aromatic rings. The number of nitrogens with zero attached hydrogens (tertiary/aromatic N) is 5. The number of hydrogen-bond donors (Lipinski definition) is 2. The number of nitrogens with two attached hydrogens (primary N) is 1. The Bertz CT molecular complexity index is 746. The van der Waals surface area contributed by atoms with E-state index < -0.39 is 0 Å². The molecule has 0 aromatic carbocycles. The number of aryl methyl sites for hydroxylation is 1. The van der Waals surface area contributed by atoms with Gasteiger partial charge < -0.3 is 25.4 Å². The van der Waals surface area contributed by atoms with Gasteiger partial charge in [-0.1, -0.05) is 5.16 Å². The van der Waals surface area contributed by atoms with Crippen LogP contribution < -0.4 is 16.0 Å². The van der Waals surface area contributed by atoms with E-state index >= 15 is 0 Å². The highest BCUT2D eigenvalue weighted by Gasteiger charge is 2.33. The van der Waals surface area contributed by atoms with Crippen molar-refractivity contribution in [3.8, 4) is 0 Å². The van der Waals surface area contributed by atoms with Gasteiger partial charge in [-0.2, -0.15) is 9.36 Å². The molecule has 0 unspecified atom stereocenters. The van der Waals surface area contributed by atoms with Crippen LogP contribution >= 0.6 is 11.5 Å². The number of carbonyl (C=O) groups is 1. The predicted molar refractivity (Wildman–Crippen MR) is 90.3 cm³/mol. The summed E-state index contributed by atoms with van der Waals surface area (Å²) in [4.78, 5) is 20.6. The van der Waals surface area contributed by atoms with Crippen molar-refractivity contribution in [1.29, 1.82) is 0 Å². The molecule has 2 fully saturated rings. The van der Waals surface area contributed by atoms with Crippen molar-refractivity contribution in [3.63, 3.8) is 0 Å². The molecule has 0 bridgehead atoms. The normalized spacial score (nSPS) is 18.0. The number of hydrogen-bond acceptors (Lipinski definition) is 8. The van der Waals surface area contributed by atoms with E-state index in [1.807, 2.05) is 6.92 Å². The SMILES string of the molecule is Cc1noc(C2CC2)c1NC(=O)N1CCN(c2nc(N)ns2)CC1. The lowest BCUT2D eigenvalue weighted by atomic mass is 10.2. The summed E-state index contributed by atoms with van der Waals surface area (Å²) in [5.74, 6) is 1.51. The lowest BCUT2D eigenvalue weighted by Gasteiger charge is -2.34. The molecule has 0 radical (unpaired) electrons. The molecule has 9 nitrogen and oxygen atoms in total. The topological polar surface area (TPSA) is 113 Å². The molecule has 0 spiro atoms. The van der Waals surface area contributed by atoms with Gasteiger partial charge in [-0.15, -0.1) is 0 Å². The van der Waals surface area contributed by atoms with Gasteiger partial charge in [0, 0.05) is 43.6 Å². The maximum atomic E-state index is 12.5. The number of carbonyl (C=O) groups excluding carboxylic acids is 1. The molecule has 128 valence electrons. The number of rotatable bonds is 3. The molecular weight excluding hydrogens is 330 g/mol. The monoisotopic (exact) mass is 349 g/mol. The molecule has 2 amide bonds. The second-order valence-electron chi connectivity index (χ2n) is 6.12. The number of aromatic nitrogens is 3. The van der Waals surface area contributed by atoms with Crippen LogP contribution in [0.15, 0.2) is 4.52 Å². The minimum absolute atomic E-state index is 0.111. The van der Waals surface area contributed by atoms with Gasteiger partial charge in [0.2, 0.25) is 11.1 Å². The predicted octanol–water partition coefficient (Wildman–Crippen LogP) is 1.65. The van der Waals surface area contributed by atoms with Crippen molar-refractivity contribution in [2.24, 2.45) is 0 Å². The first-order valence-electron chi connectivity index (χ1n) is 7.98. The maximum absolute atomic E-state index is 12.5. The molecule has 0 atom stereocenters. The number of piperazine rings is 1. The summed E-state index contributed by atoms with van der Waals surface area (Å²) >= 11 is 1.28. The van der Waals surface area contributed by atoms with Gasteiger partial charge in [0.15, 0.2) is 5.76 Å². The van der Waals surface area contributed by atoms with E-state index in [2.05, 4.69) is 24.7 Å². The fourth-order valence-corrected chi connectivity index (χ4v) is 3.45. The Morgan fingerprint density at radius 3 is 2.71 bits per heavy atom. The van der Waals surface area contributed by atoms with Crippen LogP contribution in [0.2, 0.25) is 0 Å². The Balaban J connectivity index is 1.37. The van der Waals surface area contributed by atoms with Crippen molar-refractivity contribution in [3.05, 3.63) is 11.5 Å². The van der Waals surface area contributed by atoms with E-state index in [9.17, 15) is 4.79 Å². The lowest BCUT2D eigenvalue weighted by molar-refractivity contribution is 0.208. The zero-order valence-corrected chi connectivity index (χ0v) is 14.2. The summed E-state index contributed by atoms with van der Waals surface area (Å²) in [5, 5.41) is 7.77. The van der Waals surface area contributed by atoms with Crippen LogP contribution in [0.5, 0.6) is 0 Å². The largest absolute Gasteiger partial charge is 0.367 e. The molecule has 3 heterocycles. The first-order chi connectivity index (χ1) is 11.6. The number of nitrogen functional groups attached to an aromatic ring is 1. The zero-order chi connectivity index (χ0) is 16.7. The van der Waals surface area contributed by atoms with Crippen LogP contribution in [0.25, 0.3) is 0 Å². The standard InChI is InChI=1S/C14H19N7O2S/c1-8-10(11(23-18-8)9-2-3-9)16-13(22)20-4-6-21(7-5-20)14-17-12(15)19-24-14/h9H,2-7H2,1H3,(H2,15,19)(H,16,22). The summed E-state index contributed by atoms with van der Waals surface area (Å²) in [6.07, 6.45) is 2.20. The highest BCUT2D eigenvalue weighted by molar-refractivity contribution is 7.09. The molecule has 2 aliphatic rings. The molecule has 10 heteroatoms. The van der Waals surface area contributed by atoms with Crippen molar-refractivity contribution < 1.29 is 9.32 Å². The summed E-state index contributed by atoms with van der Waals surface area (Å²) in [5.41, 5.74) is 7.03. The molecule has 1 saturated carbocycles. The molecule has 4 rings (SSSR count). The van der Waals surface area contributed by atoms with E-state index in [1.165, 1.54) is 11.5 Å². The van der Waals surface area contributed by atoms with Crippen LogP contribution in [-0.4, -0.2) is 51.6 Å². The summed E-state index contributed by atoms with van der Waals surface area (Å²) in [6.45, 7) is 4.51. The Kier molecular flexibility index (Phi) is 3.75. The molecule has 24 heavy (non-hydrogen) atoms. The molecular formula is C14H19N7O2S. The summed E-state index contributed by atoms with van der Waals surface area (Å²) in [6, 6.07) is -0.111. The lowest BCUT2D eigenvalue weighted by Crippen LogP contribution is -2.50. The van der Waals surface area contributed by atoms with E-state index in [0.29, 0.717) is 38.0 Å². The van der Waals surface area contributed by atoms with Crippen LogP contribution in [0.4, 0.5) is 21.6 Å². The summed E-state index contributed by atoms with van der Waals surface area (Å²) < 4.78 is 9.36. The molecule has 3 N–H and O–H groups in total. The van der Waals surface area contributed by atoms with Gasteiger partial charge in [0.25, 0.3) is 0 Å². The smallest absolute Gasteiger partial charge is 0.322 e. The van der Waals surface area contributed by atoms with Crippen molar-refractivity contribution in [2.75, 3.05) is 42.1 Å². The second kappa shape index (κ2) is 5.93. The van der Waals surface area contributed by atoms with E-state index in [1.54, 1.807) is 4.90 Å². The zero-order valence-electron chi connectivity index (χ0n) is 13.4. The van der Waals surface area contributed by atoms with Crippen molar-refractivity contribution >= 4 is 34.3 Å². The van der Waals surface area contributed by atoms with Gasteiger partial charge in [-0.25, -0.2) is 4.79 Å². The number of urea groups is 1. The van der Waals surface area contributed by atoms with Crippen LogP contribution in [0.3, 0.4) is 0 Å². The van der Waals surface area contributed by atoms with Gasteiger partial charge in [0.05, 0.1) is 0 Å². The number of amides is 2. The Labute approximate surface area is 143 Å². The van der Waals surface area contributed by atoms with Crippen molar-refractivity contribution in [1.82, 2.24) is 19.4 Å². The summed E-state index contributed by atoms with van der Waals surface area (Å²) in [7, 11) is 0. The fourth-order valence-electron chi connectivity index (χ4n) is 2.81. The minimum Gasteiger partial charge on any atom is -0.367 e. The van der Waals surface area contributed by atoms with Gasteiger partial charge in [-0.05, 0) is 19.8 Å². The number of anilines is 3. The Morgan fingerprint density at radius 1 is 1.33 bits per heavy atom. The fraction of sp³-hybridized carbons (Fsp3) is 0.571. The van der Waals surface area contributed by atoms with E-state index in [4.69, 9.17) is 10.3 Å². The molecule has 1 saturated heterocycles.